The van der Waals surface area contributed by atoms with E-state index in [0.717, 1.165) is 42.1 Å². The van der Waals surface area contributed by atoms with E-state index in [-0.39, 0.29) is 5.60 Å². The fraction of sp³-hybridized carbons (Fsp3) is 0.348. The summed E-state index contributed by atoms with van der Waals surface area (Å²) < 4.78 is 13.7. The lowest BCUT2D eigenvalue weighted by molar-refractivity contribution is -0.0615. The molecule has 28 heavy (non-hydrogen) atoms. The Bertz CT molecular complexity index is 832. The van der Waals surface area contributed by atoms with Gasteiger partial charge in [0.2, 0.25) is 0 Å². The molecule has 0 aliphatic rings. The monoisotopic (exact) mass is 398 g/mol. The summed E-state index contributed by atoms with van der Waals surface area (Å²) in [6.07, 6.45) is 8.61. The van der Waals surface area contributed by atoms with Crippen molar-refractivity contribution < 1.29 is 9.47 Å². The Morgan fingerprint density at radius 1 is 1.04 bits per heavy atom. The van der Waals surface area contributed by atoms with Gasteiger partial charge in [-0.05, 0) is 61.6 Å². The van der Waals surface area contributed by atoms with E-state index < -0.39 is 0 Å². The molecule has 1 atom stereocenters. The topological polar surface area (TPSA) is 36.3 Å². The van der Waals surface area contributed by atoms with Crippen LogP contribution in [0.4, 0.5) is 0 Å². The molecule has 1 aromatic heterocycles. The molecule has 0 spiro atoms. The molecular formula is C23H27ClN2O2. The van der Waals surface area contributed by atoms with E-state index in [4.69, 9.17) is 21.1 Å². The average molecular weight is 399 g/mol. The molecule has 3 rings (SSSR count). The molecule has 0 N–H and O–H groups in total. The highest BCUT2D eigenvalue weighted by Gasteiger charge is 2.25. The molecule has 0 aliphatic carbocycles. The molecule has 1 heterocycles. The summed E-state index contributed by atoms with van der Waals surface area (Å²) in [4.78, 5) is 4.16. The predicted molar refractivity (Wildman–Crippen MR) is 113 cm³/mol. The van der Waals surface area contributed by atoms with Gasteiger partial charge in [-0.1, -0.05) is 35.9 Å². The van der Waals surface area contributed by atoms with Gasteiger partial charge >= 0.3 is 0 Å². The second kappa shape index (κ2) is 9.76. The van der Waals surface area contributed by atoms with Gasteiger partial charge < -0.3 is 14.0 Å². The number of rotatable bonds is 10. The minimum atomic E-state index is -0.285. The first kappa shape index (κ1) is 20.4. The van der Waals surface area contributed by atoms with E-state index in [0.29, 0.717) is 6.61 Å². The number of hydrogen-bond donors (Lipinski definition) is 0. The summed E-state index contributed by atoms with van der Waals surface area (Å²) in [6, 6.07) is 16.1. The molecule has 3 aromatic rings. The highest BCUT2D eigenvalue weighted by atomic mass is 35.5. The molecule has 0 amide bonds. The highest BCUT2D eigenvalue weighted by molar-refractivity contribution is 6.30. The van der Waals surface area contributed by atoms with E-state index in [1.165, 1.54) is 5.56 Å². The molecule has 0 radical (unpaired) electrons. The molecule has 0 saturated heterocycles. The smallest absolute Gasteiger partial charge is 0.118 e. The van der Waals surface area contributed by atoms with Crippen molar-refractivity contribution in [2.24, 2.45) is 0 Å². The number of hydrogen-bond acceptors (Lipinski definition) is 3. The lowest BCUT2D eigenvalue weighted by atomic mass is 9.96. The Morgan fingerprint density at radius 2 is 1.75 bits per heavy atom. The molecule has 4 nitrogen and oxygen atoms in total. The average Bonchev–Trinajstić information content (AvgIpc) is 3.21. The summed E-state index contributed by atoms with van der Waals surface area (Å²) in [5, 5.41) is 0.775. The van der Waals surface area contributed by atoms with Crippen LogP contribution in [-0.2, 0) is 24.3 Å². The molecule has 0 saturated carbocycles. The zero-order valence-corrected chi connectivity index (χ0v) is 17.2. The summed E-state index contributed by atoms with van der Waals surface area (Å²) >= 11 is 5.98. The number of benzene rings is 2. The quantitative estimate of drug-likeness (QED) is 0.449. The third-order valence-electron chi connectivity index (χ3n) is 4.91. The largest absolute Gasteiger partial charge is 0.497 e. The van der Waals surface area contributed by atoms with Crippen LogP contribution in [0, 0.1) is 0 Å². The Hall–Kier alpha value is -2.30. The van der Waals surface area contributed by atoms with Gasteiger partial charge in [-0.2, -0.15) is 0 Å². The standard InChI is InChI=1S/C23H27ClN2O2/c1-23(17-26-15-14-25-18-26,13-3-4-19-5-9-21(24)10-6-19)28-16-20-7-11-22(27-2)12-8-20/h5-12,14-15,18H,3-4,13,16-17H2,1-2H3. The van der Waals surface area contributed by atoms with Gasteiger partial charge in [-0.15, -0.1) is 0 Å². The number of imidazole rings is 1. The predicted octanol–water partition coefficient (Wildman–Crippen LogP) is 5.54. The maximum Gasteiger partial charge on any atom is 0.118 e. The molecule has 5 heteroatoms. The fourth-order valence-corrected chi connectivity index (χ4v) is 3.39. The molecule has 0 fully saturated rings. The van der Waals surface area contributed by atoms with Crippen LogP contribution < -0.4 is 4.74 Å². The van der Waals surface area contributed by atoms with Crippen LogP contribution in [-0.4, -0.2) is 22.3 Å². The first-order valence-electron chi connectivity index (χ1n) is 9.53. The zero-order chi connectivity index (χ0) is 19.8. The maximum atomic E-state index is 6.41. The van der Waals surface area contributed by atoms with Crippen LogP contribution in [0.5, 0.6) is 5.75 Å². The van der Waals surface area contributed by atoms with E-state index in [1.807, 2.05) is 48.9 Å². The maximum absolute atomic E-state index is 6.41. The summed E-state index contributed by atoms with van der Waals surface area (Å²) in [5.74, 6) is 0.855. The molecular weight excluding hydrogens is 372 g/mol. The number of aryl methyl sites for hydroxylation is 1. The van der Waals surface area contributed by atoms with Crippen LogP contribution in [0.25, 0.3) is 0 Å². The number of aromatic nitrogens is 2. The molecule has 0 aliphatic heterocycles. The normalized spacial score (nSPS) is 13.2. The van der Waals surface area contributed by atoms with Crippen molar-refractivity contribution in [2.75, 3.05) is 7.11 Å². The minimum Gasteiger partial charge on any atom is -0.497 e. The lowest BCUT2D eigenvalue weighted by Gasteiger charge is -2.30. The van der Waals surface area contributed by atoms with E-state index in [1.54, 1.807) is 13.3 Å². The van der Waals surface area contributed by atoms with Gasteiger partial charge in [-0.25, -0.2) is 4.98 Å². The van der Waals surface area contributed by atoms with Crippen molar-refractivity contribution in [2.45, 2.75) is 44.9 Å². The number of methoxy groups -OCH3 is 1. The third kappa shape index (κ3) is 6.11. The van der Waals surface area contributed by atoms with Crippen LogP contribution in [0.3, 0.4) is 0 Å². The second-order valence-corrected chi connectivity index (χ2v) is 7.74. The van der Waals surface area contributed by atoms with Crippen molar-refractivity contribution in [3.8, 4) is 5.75 Å². The van der Waals surface area contributed by atoms with Gasteiger partial charge in [0.15, 0.2) is 0 Å². The van der Waals surface area contributed by atoms with Crippen molar-refractivity contribution in [1.29, 1.82) is 0 Å². The van der Waals surface area contributed by atoms with Crippen molar-refractivity contribution in [3.63, 3.8) is 0 Å². The van der Waals surface area contributed by atoms with Crippen LogP contribution >= 0.6 is 11.6 Å². The molecule has 148 valence electrons. The Balaban J connectivity index is 1.61. The second-order valence-electron chi connectivity index (χ2n) is 7.30. The minimum absolute atomic E-state index is 0.285. The SMILES string of the molecule is COc1ccc(COC(C)(CCCc2ccc(Cl)cc2)Cn2ccnc2)cc1. The van der Waals surface area contributed by atoms with E-state index >= 15 is 0 Å². The summed E-state index contributed by atoms with van der Waals surface area (Å²) in [5.41, 5.74) is 2.15. The molecule has 0 bridgehead atoms. The lowest BCUT2D eigenvalue weighted by Crippen LogP contribution is -2.34. The van der Waals surface area contributed by atoms with Crippen molar-refractivity contribution in [1.82, 2.24) is 9.55 Å². The Kier molecular flexibility index (Phi) is 7.12. The number of ether oxygens (including phenoxy) is 2. The van der Waals surface area contributed by atoms with Crippen LogP contribution in [0.1, 0.15) is 30.9 Å². The Labute approximate surface area is 172 Å². The third-order valence-corrected chi connectivity index (χ3v) is 5.16. The van der Waals surface area contributed by atoms with E-state index in [9.17, 15) is 0 Å². The molecule has 2 aromatic carbocycles. The van der Waals surface area contributed by atoms with Crippen LogP contribution in [0.2, 0.25) is 5.02 Å². The van der Waals surface area contributed by atoms with Crippen molar-refractivity contribution >= 4 is 11.6 Å². The van der Waals surface area contributed by atoms with Gasteiger partial charge in [0.25, 0.3) is 0 Å². The zero-order valence-electron chi connectivity index (χ0n) is 16.5. The van der Waals surface area contributed by atoms with E-state index in [2.05, 4.69) is 28.6 Å². The Morgan fingerprint density at radius 3 is 2.39 bits per heavy atom. The van der Waals surface area contributed by atoms with Crippen LogP contribution in [0.15, 0.2) is 67.3 Å². The first-order chi connectivity index (χ1) is 13.6. The highest BCUT2D eigenvalue weighted by Crippen LogP contribution is 2.24. The number of halogens is 1. The number of nitrogens with zero attached hydrogens (tertiary/aromatic N) is 2. The van der Waals surface area contributed by atoms with Gasteiger partial charge in [0.1, 0.15) is 5.75 Å². The molecule has 1 unspecified atom stereocenters. The van der Waals surface area contributed by atoms with Crippen molar-refractivity contribution in [3.05, 3.63) is 83.4 Å². The van der Waals surface area contributed by atoms with Gasteiger partial charge in [0, 0.05) is 17.4 Å². The van der Waals surface area contributed by atoms with Gasteiger partial charge in [-0.3, -0.25) is 0 Å². The summed E-state index contributed by atoms with van der Waals surface area (Å²) in [7, 11) is 1.67. The first-order valence-corrected chi connectivity index (χ1v) is 9.91. The fourth-order valence-electron chi connectivity index (χ4n) is 3.26. The summed E-state index contributed by atoms with van der Waals surface area (Å²) in [6.45, 7) is 3.51. The van der Waals surface area contributed by atoms with Gasteiger partial charge in [0.05, 0.1) is 32.2 Å².